The highest BCUT2D eigenvalue weighted by molar-refractivity contribution is 6.65. The van der Waals surface area contributed by atoms with Crippen molar-refractivity contribution < 1.29 is 13.6 Å². The highest BCUT2D eigenvalue weighted by Crippen LogP contribution is 2.31. The van der Waals surface area contributed by atoms with Gasteiger partial charge in [0.25, 0.3) is 5.24 Å². The molecule has 70 valence electrons. The van der Waals surface area contributed by atoms with Gasteiger partial charge in [-0.3, -0.25) is 4.79 Å². The molecule has 0 amide bonds. The number of hydrogen-bond donors (Lipinski definition) is 1. The molecule has 12 heavy (non-hydrogen) atoms. The van der Waals surface area contributed by atoms with Crippen LogP contribution in [0.3, 0.4) is 0 Å². The number of carbonyl (C=O) groups excluding carboxylic acids is 1. The summed E-state index contributed by atoms with van der Waals surface area (Å²) in [5.74, 6) is -4.30. The highest BCUT2D eigenvalue weighted by atomic mass is 35.5. The molecule has 0 aromatic carbocycles. The van der Waals surface area contributed by atoms with Gasteiger partial charge in [0, 0.05) is 12.5 Å². The van der Waals surface area contributed by atoms with Gasteiger partial charge in [-0.25, -0.2) is 0 Å². The van der Waals surface area contributed by atoms with E-state index >= 15 is 0 Å². The molecule has 1 atom stereocenters. The molecule has 0 radical (unpaired) electrons. The van der Waals surface area contributed by atoms with Gasteiger partial charge in [0.2, 0.25) is 0 Å². The second-order valence-corrected chi connectivity index (χ2v) is 3.28. The summed E-state index contributed by atoms with van der Waals surface area (Å²) in [6.45, 7) is 0.911. The predicted octanol–water partition coefficient (Wildman–Crippen LogP) is 1.39. The molecule has 1 unspecified atom stereocenters. The van der Waals surface area contributed by atoms with Crippen molar-refractivity contribution in [1.82, 2.24) is 5.32 Å². The Kier molecular flexibility index (Phi) is 3.01. The van der Waals surface area contributed by atoms with Gasteiger partial charge in [-0.1, -0.05) is 0 Å². The fourth-order valence-electron chi connectivity index (χ4n) is 1.32. The summed E-state index contributed by atoms with van der Waals surface area (Å²) in [6, 6.07) is 0. The first kappa shape index (κ1) is 9.86. The second-order valence-electron chi connectivity index (χ2n) is 2.94. The summed E-state index contributed by atoms with van der Waals surface area (Å²) in [6.07, 6.45) is 1.03. The quantitative estimate of drug-likeness (QED) is 0.678. The lowest BCUT2D eigenvalue weighted by molar-refractivity contribution is -0.143. The Morgan fingerprint density at radius 3 is 2.67 bits per heavy atom. The summed E-state index contributed by atoms with van der Waals surface area (Å²) in [4.78, 5) is 10.4. The summed E-state index contributed by atoms with van der Waals surface area (Å²) in [5, 5.41) is 1.26. The van der Waals surface area contributed by atoms with Gasteiger partial charge in [0.15, 0.2) is 0 Å². The van der Waals surface area contributed by atoms with E-state index in [2.05, 4.69) is 5.32 Å². The zero-order chi connectivity index (χ0) is 9.19. The number of alkyl halides is 2. The number of piperidine rings is 1. The molecule has 0 aromatic heterocycles. The van der Waals surface area contributed by atoms with E-state index in [1.807, 2.05) is 0 Å². The normalized spacial score (nSPS) is 25.4. The highest BCUT2D eigenvalue weighted by Gasteiger charge is 2.46. The smallest absolute Gasteiger partial charge is 0.316 e. The first-order valence-corrected chi connectivity index (χ1v) is 4.21. The van der Waals surface area contributed by atoms with E-state index in [9.17, 15) is 13.6 Å². The van der Waals surface area contributed by atoms with Crippen molar-refractivity contribution >= 4 is 16.8 Å². The Morgan fingerprint density at radius 2 is 2.25 bits per heavy atom. The maximum atomic E-state index is 12.9. The lowest BCUT2D eigenvalue weighted by Crippen LogP contribution is -2.43. The van der Waals surface area contributed by atoms with Gasteiger partial charge < -0.3 is 5.32 Å². The van der Waals surface area contributed by atoms with Crippen LogP contribution in [0.1, 0.15) is 12.8 Å². The molecule has 0 spiro atoms. The van der Waals surface area contributed by atoms with Crippen LogP contribution in [-0.4, -0.2) is 24.3 Å². The Morgan fingerprint density at radius 1 is 1.58 bits per heavy atom. The zero-order valence-electron chi connectivity index (χ0n) is 6.45. The number of hydrogen-bond acceptors (Lipinski definition) is 2. The molecule has 1 N–H and O–H groups in total. The average molecular weight is 198 g/mol. The lowest BCUT2D eigenvalue weighted by atomic mass is 9.93. The topological polar surface area (TPSA) is 29.1 Å². The fourth-order valence-corrected chi connectivity index (χ4v) is 1.48. The van der Waals surface area contributed by atoms with Crippen LogP contribution < -0.4 is 5.32 Å². The summed E-state index contributed by atoms with van der Waals surface area (Å²) in [7, 11) is 0. The molecule has 2 nitrogen and oxygen atoms in total. The summed E-state index contributed by atoms with van der Waals surface area (Å²) < 4.78 is 25.8. The molecule has 0 aliphatic carbocycles. The van der Waals surface area contributed by atoms with Crippen LogP contribution in [0.25, 0.3) is 0 Å². The van der Waals surface area contributed by atoms with Crippen molar-refractivity contribution in [2.45, 2.75) is 18.8 Å². The van der Waals surface area contributed by atoms with Gasteiger partial charge in [-0.2, -0.15) is 8.78 Å². The van der Waals surface area contributed by atoms with Gasteiger partial charge in [-0.05, 0) is 31.0 Å². The van der Waals surface area contributed by atoms with Crippen molar-refractivity contribution in [1.29, 1.82) is 0 Å². The molecule has 0 aromatic rings. The first-order chi connectivity index (χ1) is 5.55. The zero-order valence-corrected chi connectivity index (χ0v) is 7.20. The molecule has 1 aliphatic rings. The number of halogens is 3. The minimum absolute atomic E-state index is 0.172. The monoisotopic (exact) mass is 197 g/mol. The van der Waals surface area contributed by atoms with Crippen molar-refractivity contribution in [3.8, 4) is 0 Å². The van der Waals surface area contributed by atoms with Crippen molar-refractivity contribution in [3.05, 3.63) is 0 Å². The third-order valence-electron chi connectivity index (χ3n) is 2.07. The summed E-state index contributed by atoms with van der Waals surface area (Å²) >= 11 is 4.79. The molecule has 1 saturated heterocycles. The lowest BCUT2D eigenvalue weighted by Gasteiger charge is -2.27. The minimum Gasteiger partial charge on any atom is -0.316 e. The third kappa shape index (κ3) is 1.93. The molecular formula is C7H10ClF2NO. The van der Waals surface area contributed by atoms with Crippen molar-refractivity contribution in [2.75, 3.05) is 13.1 Å². The van der Waals surface area contributed by atoms with Crippen LogP contribution in [0.15, 0.2) is 0 Å². The van der Waals surface area contributed by atoms with E-state index in [0.717, 1.165) is 6.54 Å². The first-order valence-electron chi connectivity index (χ1n) is 3.83. The third-order valence-corrected chi connectivity index (χ3v) is 2.32. The number of carbonyl (C=O) groups is 1. The molecule has 0 bridgehead atoms. The van der Waals surface area contributed by atoms with Gasteiger partial charge in [0.1, 0.15) is 0 Å². The van der Waals surface area contributed by atoms with E-state index in [1.54, 1.807) is 0 Å². The molecule has 1 rings (SSSR count). The van der Waals surface area contributed by atoms with Crippen LogP contribution in [0.4, 0.5) is 8.78 Å². The Balaban J connectivity index is 2.59. The van der Waals surface area contributed by atoms with E-state index in [0.29, 0.717) is 12.8 Å². The molecular weight excluding hydrogens is 188 g/mol. The second kappa shape index (κ2) is 3.66. The van der Waals surface area contributed by atoms with E-state index in [1.165, 1.54) is 0 Å². The maximum absolute atomic E-state index is 12.9. The molecule has 0 saturated carbocycles. The van der Waals surface area contributed by atoms with Gasteiger partial charge in [-0.15, -0.1) is 0 Å². The van der Waals surface area contributed by atoms with Gasteiger partial charge in [0.05, 0.1) is 0 Å². The van der Waals surface area contributed by atoms with E-state index in [4.69, 9.17) is 11.6 Å². The minimum atomic E-state index is -3.37. The molecule has 1 fully saturated rings. The Labute approximate surface area is 74.3 Å². The number of nitrogens with one attached hydrogen (secondary N) is 1. The SMILES string of the molecule is O=C(Cl)C(F)(F)C1CCCNC1. The fraction of sp³-hybridized carbons (Fsp3) is 0.857. The van der Waals surface area contributed by atoms with Crippen LogP contribution in [0.5, 0.6) is 0 Å². The average Bonchev–Trinajstić information content (AvgIpc) is 2.06. The van der Waals surface area contributed by atoms with Crippen LogP contribution >= 0.6 is 11.6 Å². The maximum Gasteiger partial charge on any atom is 0.324 e. The Hall–Kier alpha value is -0.220. The van der Waals surface area contributed by atoms with Crippen LogP contribution in [0, 0.1) is 5.92 Å². The van der Waals surface area contributed by atoms with Crippen LogP contribution in [-0.2, 0) is 4.79 Å². The molecule has 1 aliphatic heterocycles. The predicted molar refractivity (Wildman–Crippen MR) is 41.4 cm³/mol. The molecule has 1 heterocycles. The van der Waals surface area contributed by atoms with Gasteiger partial charge >= 0.3 is 5.92 Å². The van der Waals surface area contributed by atoms with Crippen LogP contribution in [0.2, 0.25) is 0 Å². The van der Waals surface area contributed by atoms with Crippen molar-refractivity contribution in [3.63, 3.8) is 0 Å². The van der Waals surface area contributed by atoms with E-state index < -0.39 is 17.1 Å². The van der Waals surface area contributed by atoms with Crippen molar-refractivity contribution in [2.24, 2.45) is 5.92 Å². The Bertz CT molecular complexity index is 180. The number of rotatable bonds is 2. The van der Waals surface area contributed by atoms with E-state index in [-0.39, 0.29) is 6.54 Å². The largest absolute Gasteiger partial charge is 0.324 e. The standard InChI is InChI=1S/C7H10ClF2NO/c8-6(12)7(9,10)5-2-1-3-11-4-5/h5,11H,1-4H2. The summed E-state index contributed by atoms with van der Waals surface area (Å²) in [5.41, 5.74) is 0. The molecule has 5 heteroatoms.